The van der Waals surface area contributed by atoms with Crippen LogP contribution in [0.4, 0.5) is 5.69 Å². The van der Waals surface area contributed by atoms with Gasteiger partial charge in [-0.2, -0.15) is 16.4 Å². The summed E-state index contributed by atoms with van der Waals surface area (Å²) in [6, 6.07) is 2.11. The van der Waals surface area contributed by atoms with Crippen LogP contribution in [0.25, 0.3) is 0 Å². The number of nitrogens with one attached hydrogen (secondary N) is 1. The van der Waals surface area contributed by atoms with Crippen LogP contribution in [0.1, 0.15) is 5.56 Å². The van der Waals surface area contributed by atoms with Gasteiger partial charge in [0.2, 0.25) is 0 Å². The van der Waals surface area contributed by atoms with E-state index in [4.69, 9.17) is 0 Å². The summed E-state index contributed by atoms with van der Waals surface area (Å²) in [5, 5.41) is 11.7. The zero-order valence-electron chi connectivity index (χ0n) is 12.2. The lowest BCUT2D eigenvalue weighted by Gasteiger charge is -2.12. The van der Waals surface area contributed by atoms with Gasteiger partial charge < -0.3 is 10.2 Å². The first-order chi connectivity index (χ1) is 10.1. The van der Waals surface area contributed by atoms with E-state index in [1.165, 1.54) is 10.2 Å². The highest BCUT2D eigenvalue weighted by Crippen LogP contribution is 2.16. The van der Waals surface area contributed by atoms with Crippen LogP contribution in [0, 0.1) is 0 Å². The first kappa shape index (κ1) is 16.2. The molecule has 0 aromatic carbocycles. The molecule has 0 saturated heterocycles. The number of aromatic nitrogens is 2. The van der Waals surface area contributed by atoms with Gasteiger partial charge in [0.05, 0.1) is 18.4 Å². The minimum Gasteiger partial charge on any atom is -0.382 e. The molecule has 7 heteroatoms. The maximum absolute atomic E-state index is 12.2. The monoisotopic (exact) mass is 370 g/mol. The van der Waals surface area contributed by atoms with Crippen LogP contribution in [0.3, 0.4) is 0 Å². The van der Waals surface area contributed by atoms with Crippen molar-refractivity contribution in [3.63, 3.8) is 0 Å². The molecule has 0 saturated carbocycles. The number of hydrogen-bond acceptors (Lipinski definition) is 5. The third kappa shape index (κ3) is 4.66. The summed E-state index contributed by atoms with van der Waals surface area (Å²) < 4.78 is 2.02. The van der Waals surface area contributed by atoms with Gasteiger partial charge in [0.25, 0.3) is 5.56 Å². The van der Waals surface area contributed by atoms with E-state index < -0.39 is 0 Å². The van der Waals surface area contributed by atoms with Crippen LogP contribution in [0.2, 0.25) is 0 Å². The molecule has 2 aromatic heterocycles. The number of rotatable bonds is 7. The molecule has 2 rings (SSSR count). The molecule has 0 amide bonds. The maximum atomic E-state index is 12.2. The van der Waals surface area contributed by atoms with Gasteiger partial charge in [-0.15, -0.1) is 0 Å². The van der Waals surface area contributed by atoms with Crippen molar-refractivity contribution in [2.75, 3.05) is 32.5 Å². The molecule has 0 radical (unpaired) electrons. The third-order valence-electron chi connectivity index (χ3n) is 3.05. The summed E-state index contributed by atoms with van der Waals surface area (Å²) in [5.74, 6) is 0. The predicted molar refractivity (Wildman–Crippen MR) is 91.3 cm³/mol. The standard InChI is InChI=1S/C14H19BrN4OS/c1-18(2)6-7-19-14(20)13(15)12(9-17-19)16-5-3-11-4-8-21-10-11/h4,8-10,16H,3,5-7H2,1-2H3. The molecule has 0 aliphatic carbocycles. The largest absolute Gasteiger partial charge is 0.382 e. The molecule has 0 aliphatic rings. The van der Waals surface area contributed by atoms with Crippen LogP contribution in [0.5, 0.6) is 0 Å². The van der Waals surface area contributed by atoms with E-state index in [1.807, 2.05) is 19.0 Å². The number of likely N-dealkylation sites (N-methyl/N-ethyl adjacent to an activating group) is 1. The van der Waals surface area contributed by atoms with E-state index in [2.05, 4.69) is 43.2 Å². The average Bonchev–Trinajstić information content (AvgIpc) is 2.95. The summed E-state index contributed by atoms with van der Waals surface area (Å²) in [7, 11) is 3.95. The Balaban J connectivity index is 1.97. The van der Waals surface area contributed by atoms with E-state index >= 15 is 0 Å². The Morgan fingerprint density at radius 3 is 2.95 bits per heavy atom. The fourth-order valence-electron chi connectivity index (χ4n) is 1.82. The van der Waals surface area contributed by atoms with E-state index in [0.717, 1.165) is 25.2 Å². The maximum Gasteiger partial charge on any atom is 0.283 e. The molecule has 0 bridgehead atoms. The highest BCUT2D eigenvalue weighted by molar-refractivity contribution is 9.10. The summed E-state index contributed by atoms with van der Waals surface area (Å²) in [4.78, 5) is 14.2. The molecule has 21 heavy (non-hydrogen) atoms. The van der Waals surface area contributed by atoms with Crippen molar-refractivity contribution in [1.82, 2.24) is 14.7 Å². The highest BCUT2D eigenvalue weighted by Gasteiger charge is 2.08. The first-order valence-electron chi connectivity index (χ1n) is 6.73. The number of nitrogens with zero attached hydrogens (tertiary/aromatic N) is 3. The molecule has 0 aliphatic heterocycles. The third-order valence-corrected chi connectivity index (χ3v) is 4.55. The van der Waals surface area contributed by atoms with E-state index in [1.54, 1.807) is 17.5 Å². The molecular weight excluding hydrogens is 352 g/mol. The van der Waals surface area contributed by atoms with E-state index in [9.17, 15) is 4.79 Å². The fourth-order valence-corrected chi connectivity index (χ4v) is 2.97. The molecule has 2 aromatic rings. The summed E-state index contributed by atoms with van der Waals surface area (Å²) >= 11 is 5.06. The molecule has 1 N–H and O–H groups in total. The Hall–Kier alpha value is -1.18. The molecule has 0 spiro atoms. The average molecular weight is 371 g/mol. The van der Waals surface area contributed by atoms with Gasteiger partial charge in [-0.3, -0.25) is 4.79 Å². The summed E-state index contributed by atoms with van der Waals surface area (Å²) in [5.41, 5.74) is 1.95. The lowest BCUT2D eigenvalue weighted by molar-refractivity contribution is 0.367. The molecule has 2 heterocycles. The highest BCUT2D eigenvalue weighted by atomic mass is 79.9. The van der Waals surface area contributed by atoms with Crippen molar-refractivity contribution >= 4 is 33.0 Å². The Labute approximate surface area is 136 Å². The second-order valence-corrected chi connectivity index (χ2v) is 6.59. The van der Waals surface area contributed by atoms with Crippen molar-refractivity contribution in [3.05, 3.63) is 43.4 Å². The smallest absolute Gasteiger partial charge is 0.283 e. The van der Waals surface area contributed by atoms with Crippen LogP contribution < -0.4 is 10.9 Å². The second kappa shape index (κ2) is 7.72. The SMILES string of the molecule is CN(C)CCn1ncc(NCCc2ccsc2)c(Br)c1=O. The lowest BCUT2D eigenvalue weighted by atomic mass is 10.2. The van der Waals surface area contributed by atoms with Gasteiger partial charge in [-0.25, -0.2) is 4.68 Å². The summed E-state index contributed by atoms with van der Waals surface area (Å²) in [6.07, 6.45) is 2.63. The van der Waals surface area contributed by atoms with E-state index in [-0.39, 0.29) is 5.56 Å². The molecular formula is C14H19BrN4OS. The Morgan fingerprint density at radius 1 is 1.48 bits per heavy atom. The van der Waals surface area contributed by atoms with Gasteiger partial charge in [0, 0.05) is 13.1 Å². The van der Waals surface area contributed by atoms with Crippen molar-refractivity contribution < 1.29 is 0 Å². The fraction of sp³-hybridized carbons (Fsp3) is 0.429. The number of anilines is 1. The van der Waals surface area contributed by atoms with Crippen LogP contribution in [-0.4, -0.2) is 41.9 Å². The second-order valence-electron chi connectivity index (χ2n) is 5.01. The molecule has 114 valence electrons. The number of halogens is 1. The Bertz CT molecular complexity index is 624. The molecule has 0 fully saturated rings. The quantitative estimate of drug-likeness (QED) is 0.812. The number of hydrogen-bond donors (Lipinski definition) is 1. The van der Waals surface area contributed by atoms with Gasteiger partial charge in [-0.05, 0) is 58.8 Å². The van der Waals surface area contributed by atoms with Crippen molar-refractivity contribution in [2.45, 2.75) is 13.0 Å². The Morgan fingerprint density at radius 2 is 2.29 bits per heavy atom. The Kier molecular flexibility index (Phi) is 5.96. The minimum atomic E-state index is -0.0996. The molecule has 0 atom stereocenters. The topological polar surface area (TPSA) is 50.2 Å². The van der Waals surface area contributed by atoms with Crippen molar-refractivity contribution in [2.24, 2.45) is 0 Å². The van der Waals surface area contributed by atoms with Crippen LogP contribution in [-0.2, 0) is 13.0 Å². The first-order valence-corrected chi connectivity index (χ1v) is 8.47. The number of thiophene rings is 1. The predicted octanol–water partition coefficient (Wildman–Crippen LogP) is 2.28. The zero-order chi connectivity index (χ0) is 15.2. The molecule has 0 unspecified atom stereocenters. The van der Waals surface area contributed by atoms with Crippen LogP contribution in [0.15, 0.2) is 32.3 Å². The lowest BCUT2D eigenvalue weighted by Crippen LogP contribution is -2.29. The minimum absolute atomic E-state index is 0.0996. The van der Waals surface area contributed by atoms with Crippen molar-refractivity contribution in [3.8, 4) is 0 Å². The van der Waals surface area contributed by atoms with Gasteiger partial charge in [-0.1, -0.05) is 0 Å². The van der Waals surface area contributed by atoms with Gasteiger partial charge in [0.15, 0.2) is 0 Å². The van der Waals surface area contributed by atoms with Gasteiger partial charge in [0.1, 0.15) is 4.47 Å². The van der Waals surface area contributed by atoms with E-state index in [0.29, 0.717) is 11.0 Å². The van der Waals surface area contributed by atoms with Crippen LogP contribution >= 0.6 is 27.3 Å². The summed E-state index contributed by atoms with van der Waals surface area (Å²) in [6.45, 7) is 2.14. The van der Waals surface area contributed by atoms with Gasteiger partial charge >= 0.3 is 0 Å². The normalized spacial score (nSPS) is 11.0. The molecule has 5 nitrogen and oxygen atoms in total. The zero-order valence-corrected chi connectivity index (χ0v) is 14.6. The van der Waals surface area contributed by atoms with Crippen molar-refractivity contribution in [1.29, 1.82) is 0 Å².